The van der Waals surface area contributed by atoms with Crippen molar-refractivity contribution in [3.8, 4) is 11.1 Å². The van der Waals surface area contributed by atoms with Crippen molar-refractivity contribution in [1.29, 1.82) is 0 Å². The highest BCUT2D eigenvalue weighted by Gasteiger charge is 2.25. The molecule has 6 nitrogen and oxygen atoms in total. The van der Waals surface area contributed by atoms with E-state index < -0.39 is 11.9 Å². The van der Waals surface area contributed by atoms with Crippen LogP contribution in [0.1, 0.15) is 19.3 Å². The van der Waals surface area contributed by atoms with Gasteiger partial charge < -0.3 is 10.4 Å². The van der Waals surface area contributed by atoms with Crippen LogP contribution in [0.5, 0.6) is 0 Å². The molecule has 0 saturated carbocycles. The average molecular weight is 432 g/mol. The Kier molecular flexibility index (Phi) is 6.97. The summed E-state index contributed by atoms with van der Waals surface area (Å²) in [5, 5.41) is 13.5. The fraction of sp³-hybridized carbons (Fsp3) is 0.318. The molecule has 1 aromatic heterocycles. The highest BCUT2D eigenvalue weighted by molar-refractivity contribution is 5.94. The van der Waals surface area contributed by atoms with Crippen LogP contribution in [-0.4, -0.2) is 39.1 Å². The highest BCUT2D eigenvalue weighted by Crippen LogP contribution is 2.26. The Labute approximate surface area is 179 Å². The molecule has 8 heteroatoms. The average Bonchev–Trinajstić information content (AvgIpc) is 2.71. The van der Waals surface area contributed by atoms with Gasteiger partial charge in [0, 0.05) is 12.5 Å². The number of ketones is 1. The van der Waals surface area contributed by atoms with E-state index in [1.807, 2.05) is 0 Å². The summed E-state index contributed by atoms with van der Waals surface area (Å²) in [6.45, 7) is 0.646. The maximum Gasteiger partial charge on any atom is 0.262 e. The fourth-order valence-electron chi connectivity index (χ4n) is 3.85. The number of rotatable bonds is 5. The van der Waals surface area contributed by atoms with E-state index in [1.165, 1.54) is 23.0 Å². The summed E-state index contributed by atoms with van der Waals surface area (Å²) in [6.07, 6.45) is 2.50. The standard InChI is InChI=1S/C22H22FN3O3.ClH/c23-15-5-1-4-14(10-15)17-6-2-7-18-21(17)22(29)26(13-25-18)12-16(27)11-19-20(28)8-3-9-24-19;/h1-2,4-7,10,13,19-20,24,28H,3,8-9,11-12H2;1H/t19-,20+;/m1./s1. The molecule has 0 amide bonds. The molecule has 1 fully saturated rings. The number of aliphatic hydroxyl groups is 1. The molecule has 0 unspecified atom stereocenters. The SMILES string of the molecule is Cl.O=C(C[C@H]1NCCC[C@@H]1O)Cn1cnc2cccc(-c3cccc(F)c3)c2c1=O. The van der Waals surface area contributed by atoms with Gasteiger partial charge in [0.1, 0.15) is 5.82 Å². The number of nitrogens with zero attached hydrogens (tertiary/aromatic N) is 2. The third-order valence-corrected chi connectivity index (χ3v) is 5.33. The lowest BCUT2D eigenvalue weighted by atomic mass is 9.97. The number of carbonyl (C=O) groups is 1. The largest absolute Gasteiger partial charge is 0.391 e. The zero-order valence-electron chi connectivity index (χ0n) is 16.3. The van der Waals surface area contributed by atoms with Gasteiger partial charge in [0.05, 0.1) is 29.9 Å². The monoisotopic (exact) mass is 431 g/mol. The Hall–Kier alpha value is -2.61. The van der Waals surface area contributed by atoms with Gasteiger partial charge in [-0.2, -0.15) is 0 Å². The van der Waals surface area contributed by atoms with Crippen LogP contribution in [0.4, 0.5) is 4.39 Å². The van der Waals surface area contributed by atoms with Crippen molar-refractivity contribution in [2.45, 2.75) is 38.0 Å². The number of fused-ring (bicyclic) bond motifs is 1. The molecule has 30 heavy (non-hydrogen) atoms. The summed E-state index contributed by atoms with van der Waals surface area (Å²) < 4.78 is 15.0. The Bertz CT molecular complexity index is 1120. The van der Waals surface area contributed by atoms with Crippen LogP contribution < -0.4 is 10.9 Å². The Morgan fingerprint density at radius 3 is 2.83 bits per heavy atom. The van der Waals surface area contributed by atoms with Crippen LogP contribution >= 0.6 is 12.4 Å². The van der Waals surface area contributed by atoms with E-state index in [1.54, 1.807) is 30.3 Å². The predicted octanol–water partition coefficient (Wildman–Crippen LogP) is 2.70. The summed E-state index contributed by atoms with van der Waals surface area (Å²) >= 11 is 0. The smallest absolute Gasteiger partial charge is 0.262 e. The van der Waals surface area contributed by atoms with Crippen molar-refractivity contribution in [2.24, 2.45) is 0 Å². The Morgan fingerprint density at radius 1 is 1.27 bits per heavy atom. The quantitative estimate of drug-likeness (QED) is 0.649. The fourth-order valence-corrected chi connectivity index (χ4v) is 3.85. The van der Waals surface area contributed by atoms with Crippen molar-refractivity contribution < 1.29 is 14.3 Å². The van der Waals surface area contributed by atoms with E-state index in [4.69, 9.17) is 0 Å². The third-order valence-electron chi connectivity index (χ3n) is 5.33. The minimum absolute atomic E-state index is 0. The molecule has 0 spiro atoms. The molecule has 1 aliphatic heterocycles. The Balaban J connectivity index is 0.00000256. The number of aromatic nitrogens is 2. The number of nitrogens with one attached hydrogen (secondary N) is 1. The lowest BCUT2D eigenvalue weighted by Gasteiger charge is -2.28. The Morgan fingerprint density at radius 2 is 2.07 bits per heavy atom. The van der Waals surface area contributed by atoms with Crippen LogP contribution in [-0.2, 0) is 11.3 Å². The lowest BCUT2D eigenvalue weighted by molar-refractivity contribution is -0.121. The normalized spacial score (nSPS) is 18.7. The molecule has 2 heterocycles. The molecule has 2 aromatic carbocycles. The van der Waals surface area contributed by atoms with Crippen LogP contribution in [0.15, 0.2) is 53.6 Å². The van der Waals surface area contributed by atoms with Crippen molar-refractivity contribution >= 4 is 29.1 Å². The first-order chi connectivity index (χ1) is 14.0. The number of aliphatic hydroxyl groups excluding tert-OH is 1. The second-order valence-electron chi connectivity index (χ2n) is 7.40. The first-order valence-electron chi connectivity index (χ1n) is 9.70. The molecule has 0 bridgehead atoms. The molecule has 0 aliphatic carbocycles. The molecular weight excluding hydrogens is 409 g/mol. The molecule has 158 valence electrons. The first-order valence-corrected chi connectivity index (χ1v) is 9.70. The molecule has 1 saturated heterocycles. The molecule has 3 aromatic rings. The summed E-state index contributed by atoms with van der Waals surface area (Å²) in [5.41, 5.74) is 1.30. The van der Waals surface area contributed by atoms with Crippen LogP contribution in [0.3, 0.4) is 0 Å². The predicted molar refractivity (Wildman–Crippen MR) is 115 cm³/mol. The number of halogens is 2. The second-order valence-corrected chi connectivity index (χ2v) is 7.40. The van der Waals surface area contributed by atoms with Crippen molar-refractivity contribution in [3.05, 3.63) is 65.0 Å². The van der Waals surface area contributed by atoms with Gasteiger partial charge in [-0.1, -0.05) is 24.3 Å². The van der Waals surface area contributed by atoms with Gasteiger partial charge in [-0.15, -0.1) is 12.4 Å². The maximum atomic E-state index is 13.7. The number of hydrogen-bond acceptors (Lipinski definition) is 5. The lowest BCUT2D eigenvalue weighted by Crippen LogP contribution is -2.46. The molecule has 2 N–H and O–H groups in total. The van der Waals surface area contributed by atoms with E-state index in [2.05, 4.69) is 10.3 Å². The maximum absolute atomic E-state index is 13.7. The second kappa shape index (κ2) is 9.47. The van der Waals surface area contributed by atoms with Gasteiger partial charge in [0.2, 0.25) is 0 Å². The number of hydrogen-bond donors (Lipinski definition) is 2. The van der Waals surface area contributed by atoms with Crippen molar-refractivity contribution in [1.82, 2.24) is 14.9 Å². The van der Waals surface area contributed by atoms with Gasteiger partial charge in [-0.3, -0.25) is 14.2 Å². The van der Waals surface area contributed by atoms with E-state index in [-0.39, 0.29) is 42.8 Å². The molecule has 0 radical (unpaired) electrons. The van der Waals surface area contributed by atoms with E-state index in [0.29, 0.717) is 28.5 Å². The van der Waals surface area contributed by atoms with Gasteiger partial charge in [0.15, 0.2) is 5.78 Å². The molecular formula is C22H23ClFN3O3. The number of carbonyl (C=O) groups excluding carboxylic acids is 1. The van der Waals surface area contributed by atoms with E-state index in [0.717, 1.165) is 13.0 Å². The molecule has 1 aliphatic rings. The topological polar surface area (TPSA) is 84.2 Å². The summed E-state index contributed by atoms with van der Waals surface area (Å²) in [4.78, 5) is 30.0. The number of piperidine rings is 1. The van der Waals surface area contributed by atoms with Crippen molar-refractivity contribution in [3.63, 3.8) is 0 Å². The van der Waals surface area contributed by atoms with Gasteiger partial charge in [-0.25, -0.2) is 9.37 Å². The third kappa shape index (κ3) is 4.59. The zero-order valence-corrected chi connectivity index (χ0v) is 17.1. The van der Waals surface area contributed by atoms with E-state index in [9.17, 15) is 19.1 Å². The minimum Gasteiger partial charge on any atom is -0.391 e. The zero-order chi connectivity index (χ0) is 20.4. The van der Waals surface area contributed by atoms with Gasteiger partial charge in [0.25, 0.3) is 5.56 Å². The molecule has 2 atom stereocenters. The van der Waals surface area contributed by atoms with Gasteiger partial charge >= 0.3 is 0 Å². The van der Waals surface area contributed by atoms with Crippen LogP contribution in [0.2, 0.25) is 0 Å². The summed E-state index contributed by atoms with van der Waals surface area (Å²) in [5.74, 6) is -0.549. The van der Waals surface area contributed by atoms with E-state index >= 15 is 0 Å². The summed E-state index contributed by atoms with van der Waals surface area (Å²) in [7, 11) is 0. The minimum atomic E-state index is -0.557. The number of Topliss-reactive ketones (excluding diaryl/α,β-unsaturated/α-hetero) is 1. The van der Waals surface area contributed by atoms with Crippen LogP contribution in [0, 0.1) is 5.82 Å². The van der Waals surface area contributed by atoms with Crippen LogP contribution in [0.25, 0.3) is 22.0 Å². The van der Waals surface area contributed by atoms with Crippen molar-refractivity contribution in [2.75, 3.05) is 6.54 Å². The van der Waals surface area contributed by atoms with Gasteiger partial charge in [-0.05, 0) is 48.7 Å². The molecule has 4 rings (SSSR count). The summed E-state index contributed by atoms with van der Waals surface area (Å²) in [6, 6.07) is 11.0. The highest BCUT2D eigenvalue weighted by atomic mass is 35.5. The first kappa shape index (κ1) is 22.1. The number of benzene rings is 2.